The first-order valence-corrected chi connectivity index (χ1v) is 13.6. The lowest BCUT2D eigenvalue weighted by Gasteiger charge is -2.50. The molecule has 2 atom stereocenters. The summed E-state index contributed by atoms with van der Waals surface area (Å²) in [5.41, 5.74) is 5.54. The normalized spacial score (nSPS) is 19.2. The Hall–Kier alpha value is -4.03. The molecule has 2 aliphatic rings. The van der Waals surface area contributed by atoms with E-state index in [9.17, 15) is 24.3 Å². The molecular weight excluding hydrogens is 558 g/mol. The number of carboxylic acids is 1. The summed E-state index contributed by atoms with van der Waals surface area (Å²) in [5, 5.41) is 22.4. The van der Waals surface area contributed by atoms with E-state index in [0.29, 0.717) is 12.0 Å². The van der Waals surface area contributed by atoms with Gasteiger partial charge < -0.3 is 31.1 Å². The summed E-state index contributed by atoms with van der Waals surface area (Å²) in [4.78, 5) is 59.7. The number of aromatic nitrogens is 4. The number of hydrogen-bond donors (Lipinski definition) is 3. The van der Waals surface area contributed by atoms with E-state index in [1.165, 1.54) is 30.2 Å². The summed E-state index contributed by atoms with van der Waals surface area (Å²) in [5.74, 6) is -1.95. The Labute approximate surface area is 226 Å². The molecule has 1 fully saturated rings. The molecule has 0 bridgehead atoms. The van der Waals surface area contributed by atoms with Gasteiger partial charge in [0.15, 0.2) is 5.13 Å². The zero-order valence-electron chi connectivity index (χ0n) is 19.5. The van der Waals surface area contributed by atoms with Crippen molar-refractivity contribution in [2.24, 2.45) is 5.16 Å². The number of nitrogens with two attached hydrogens (primary N) is 1. The Morgan fingerprint density at radius 3 is 2.95 bits per heavy atom. The number of hydrogen-bond acceptors (Lipinski definition) is 13. The number of carbonyl (C=O) groups excluding carboxylic acids is 4. The molecule has 3 aromatic rings. The molecule has 38 heavy (non-hydrogen) atoms. The number of thiazole rings is 1. The Bertz CT molecular complexity index is 1510. The largest absolute Gasteiger partial charge is 0.543 e. The molecule has 2 aliphatic heterocycles. The summed E-state index contributed by atoms with van der Waals surface area (Å²) in [7, 11) is 1.24. The van der Waals surface area contributed by atoms with Crippen LogP contribution in [0.4, 0.5) is 5.13 Å². The van der Waals surface area contributed by atoms with Gasteiger partial charge in [-0.15, -0.1) is 11.8 Å². The summed E-state index contributed by atoms with van der Waals surface area (Å²) in [6.07, 6.45) is 4.28. The lowest BCUT2D eigenvalue weighted by Crippen LogP contribution is -2.71. The van der Waals surface area contributed by atoms with Crippen LogP contribution in [-0.2, 0) is 37.1 Å². The number of rotatable bonds is 10. The quantitative estimate of drug-likeness (QED) is 0.0756. The van der Waals surface area contributed by atoms with Gasteiger partial charge in [-0.3, -0.25) is 19.3 Å². The topological polar surface area (TPSA) is 200 Å². The number of amides is 3. The van der Waals surface area contributed by atoms with Gasteiger partial charge in [0.05, 0.1) is 11.7 Å². The molecule has 3 aromatic heterocycles. The van der Waals surface area contributed by atoms with Gasteiger partial charge in [-0.1, -0.05) is 16.5 Å². The van der Waals surface area contributed by atoms with Crippen molar-refractivity contribution in [3.63, 3.8) is 0 Å². The SMILES string of the molecule is CO/N=C(\C(=O)N[C@@H]1C(=O)N2C(C(=O)[O-])=C(C[n+]3cc4sccn4c3CNC=O)CS[C@H]12)c1nsc(N)n1. The summed E-state index contributed by atoms with van der Waals surface area (Å²) >= 11 is 3.65. The maximum Gasteiger partial charge on any atom is 0.282 e. The number of carbonyl (C=O) groups is 4. The molecule has 5 heterocycles. The number of oxime groups is 1. The molecule has 0 aromatic carbocycles. The van der Waals surface area contributed by atoms with Crippen LogP contribution in [0, 0.1) is 0 Å². The van der Waals surface area contributed by atoms with Gasteiger partial charge in [0.1, 0.15) is 44.0 Å². The third-order valence-corrected chi connectivity index (χ3v) is 8.48. The highest BCUT2D eigenvalue weighted by atomic mass is 32.2. The number of nitrogen functional groups attached to an aromatic ring is 1. The number of anilines is 1. The van der Waals surface area contributed by atoms with Crippen molar-refractivity contribution in [2.45, 2.75) is 24.5 Å². The molecule has 0 saturated carbocycles. The average molecular weight is 578 g/mol. The fourth-order valence-electron chi connectivity index (χ4n) is 4.21. The highest BCUT2D eigenvalue weighted by Gasteiger charge is 2.53. The Morgan fingerprint density at radius 1 is 1.45 bits per heavy atom. The second-order valence-corrected chi connectivity index (χ2v) is 10.8. The van der Waals surface area contributed by atoms with Crippen molar-refractivity contribution in [3.05, 3.63) is 40.7 Å². The van der Waals surface area contributed by atoms with E-state index in [0.717, 1.165) is 27.1 Å². The zero-order valence-corrected chi connectivity index (χ0v) is 22.0. The molecule has 3 amide bonds. The Morgan fingerprint density at radius 2 is 2.26 bits per heavy atom. The minimum atomic E-state index is -1.50. The van der Waals surface area contributed by atoms with Gasteiger partial charge in [0, 0.05) is 28.2 Å². The van der Waals surface area contributed by atoms with E-state index in [1.807, 2.05) is 26.7 Å². The maximum atomic E-state index is 13.1. The van der Waals surface area contributed by atoms with Gasteiger partial charge >= 0.3 is 0 Å². The smallest absolute Gasteiger partial charge is 0.282 e. The Balaban J connectivity index is 1.38. The summed E-state index contributed by atoms with van der Waals surface area (Å²) in [6, 6.07) is -1.01. The summed E-state index contributed by atoms with van der Waals surface area (Å²) < 4.78 is 7.66. The predicted octanol–water partition coefficient (Wildman–Crippen LogP) is -2.58. The van der Waals surface area contributed by atoms with E-state index < -0.39 is 29.2 Å². The molecule has 198 valence electrons. The fourth-order valence-corrected chi connectivity index (χ4v) is 6.77. The molecule has 0 unspecified atom stereocenters. The van der Waals surface area contributed by atoms with E-state index in [4.69, 9.17) is 10.6 Å². The van der Waals surface area contributed by atoms with Crippen LogP contribution in [-0.4, -0.2) is 72.8 Å². The lowest BCUT2D eigenvalue weighted by molar-refractivity contribution is -0.695. The second kappa shape index (κ2) is 10.4. The van der Waals surface area contributed by atoms with Gasteiger partial charge in [0.2, 0.25) is 22.8 Å². The van der Waals surface area contributed by atoms with Crippen LogP contribution in [0.5, 0.6) is 0 Å². The number of nitrogens with one attached hydrogen (secondary N) is 2. The van der Waals surface area contributed by atoms with Crippen LogP contribution in [0.25, 0.3) is 4.83 Å². The van der Waals surface area contributed by atoms with Gasteiger partial charge in [0.25, 0.3) is 17.6 Å². The molecule has 1 saturated heterocycles. The minimum absolute atomic E-state index is 0.0613. The molecule has 15 nitrogen and oxygen atoms in total. The van der Waals surface area contributed by atoms with Crippen LogP contribution in [0.15, 0.2) is 34.2 Å². The third-order valence-electron chi connectivity index (χ3n) is 5.80. The molecule has 0 radical (unpaired) electrons. The second-order valence-electron chi connectivity index (χ2n) is 7.96. The molecule has 0 spiro atoms. The number of thioether (sulfide) groups is 1. The van der Waals surface area contributed by atoms with Crippen LogP contribution in [0.1, 0.15) is 11.6 Å². The third kappa shape index (κ3) is 4.45. The van der Waals surface area contributed by atoms with Crippen molar-refractivity contribution >= 4 is 74.5 Å². The number of aliphatic carboxylic acids is 1. The van der Waals surface area contributed by atoms with E-state index >= 15 is 0 Å². The van der Waals surface area contributed by atoms with Crippen LogP contribution in [0.3, 0.4) is 0 Å². The van der Waals surface area contributed by atoms with E-state index in [-0.39, 0.29) is 41.2 Å². The number of carboxylic acid groups (broad SMARTS) is 1. The first kappa shape index (κ1) is 25.6. The van der Waals surface area contributed by atoms with Crippen molar-refractivity contribution < 1.29 is 33.7 Å². The molecule has 0 aliphatic carbocycles. The van der Waals surface area contributed by atoms with Crippen molar-refractivity contribution in [1.29, 1.82) is 0 Å². The van der Waals surface area contributed by atoms with Crippen LogP contribution < -0.4 is 26.0 Å². The van der Waals surface area contributed by atoms with Gasteiger partial charge in [-0.05, 0) is 0 Å². The minimum Gasteiger partial charge on any atom is -0.543 e. The number of fused-ring (bicyclic) bond motifs is 2. The van der Waals surface area contributed by atoms with Gasteiger partial charge in [-0.25, -0.2) is 4.57 Å². The zero-order chi connectivity index (χ0) is 27.0. The van der Waals surface area contributed by atoms with Crippen molar-refractivity contribution in [2.75, 3.05) is 18.6 Å². The average Bonchev–Trinajstić information content (AvgIpc) is 3.60. The predicted molar refractivity (Wildman–Crippen MR) is 133 cm³/mol. The Kier molecular flexibility index (Phi) is 7.00. The standard InChI is InChI=1S/C20H19N9O6S3/c1-35-25-12(15-24-20(21)38-26-15)16(31)23-13-17(32)29-14(19(33)34)9(7-37-18(13)29)5-27-6-11-28(2-3-36-11)10(27)4-22-8-30/h2-3,6,8,13,18H,4-5,7H2,1H3,(H4-,21,22,23,24,26,30,31,33,34)/b25-12-/t13-,18-/m1/s1. The number of imidazole rings is 1. The fraction of sp³-hybridized carbons (Fsp3) is 0.300. The van der Waals surface area contributed by atoms with Crippen LogP contribution in [0.2, 0.25) is 0 Å². The summed E-state index contributed by atoms with van der Waals surface area (Å²) in [6.45, 7) is 0.384. The first-order chi connectivity index (χ1) is 18.3. The molecule has 18 heteroatoms. The molecule has 4 N–H and O–H groups in total. The van der Waals surface area contributed by atoms with Crippen LogP contribution >= 0.6 is 34.6 Å². The van der Waals surface area contributed by atoms with Crippen molar-refractivity contribution in [1.82, 2.24) is 29.3 Å². The lowest BCUT2D eigenvalue weighted by atomic mass is 10.0. The number of β-lactam (4-membered cyclic amide) rings is 1. The molecule has 5 rings (SSSR count). The molecular formula is C20H19N9O6S3. The highest BCUT2D eigenvalue weighted by molar-refractivity contribution is 8.00. The highest BCUT2D eigenvalue weighted by Crippen LogP contribution is 2.40. The van der Waals surface area contributed by atoms with Gasteiger partial charge in [-0.2, -0.15) is 13.8 Å². The first-order valence-electron chi connectivity index (χ1n) is 10.9. The maximum absolute atomic E-state index is 13.1. The van der Waals surface area contributed by atoms with Crippen molar-refractivity contribution in [3.8, 4) is 0 Å². The van der Waals surface area contributed by atoms with E-state index in [2.05, 4.69) is 25.1 Å². The monoisotopic (exact) mass is 577 g/mol. The van der Waals surface area contributed by atoms with E-state index in [1.54, 1.807) is 0 Å². The number of nitrogens with zero attached hydrogens (tertiary/aromatic N) is 6.